The fourth-order valence-electron chi connectivity index (χ4n) is 4.27. The third-order valence-corrected chi connectivity index (χ3v) is 5.91. The summed E-state index contributed by atoms with van der Waals surface area (Å²) in [4.78, 5) is 11.6. The van der Waals surface area contributed by atoms with E-state index in [1.165, 1.54) is 21.8 Å². The van der Waals surface area contributed by atoms with Crippen molar-refractivity contribution >= 4 is 54.9 Å². The molecular formula is C21H19BrN2O2. The van der Waals surface area contributed by atoms with Crippen molar-refractivity contribution in [2.24, 2.45) is 0 Å². The van der Waals surface area contributed by atoms with Crippen LogP contribution < -0.4 is 0 Å². The van der Waals surface area contributed by atoms with E-state index in [9.17, 15) is 4.79 Å². The molecule has 1 aliphatic heterocycles. The molecule has 5 heteroatoms. The highest BCUT2D eigenvalue weighted by molar-refractivity contribution is 9.09. The number of ether oxygens (including phenoxy) is 1. The molecule has 0 saturated heterocycles. The molecule has 5 rings (SSSR count). The first kappa shape index (κ1) is 16.1. The van der Waals surface area contributed by atoms with Crippen molar-refractivity contribution in [3.05, 3.63) is 48.2 Å². The van der Waals surface area contributed by atoms with E-state index in [0.717, 1.165) is 54.2 Å². The molecule has 2 aromatic heterocycles. The minimum absolute atomic E-state index is 0.0792. The van der Waals surface area contributed by atoms with E-state index in [1.807, 2.05) is 6.20 Å². The number of benzene rings is 2. The van der Waals surface area contributed by atoms with E-state index < -0.39 is 0 Å². The second kappa shape index (κ2) is 6.25. The molecule has 26 heavy (non-hydrogen) atoms. The molecule has 4 aromatic rings. The van der Waals surface area contributed by atoms with E-state index in [0.29, 0.717) is 0 Å². The third-order valence-electron chi connectivity index (χ3n) is 5.34. The van der Waals surface area contributed by atoms with Crippen LogP contribution >= 0.6 is 15.9 Å². The fourth-order valence-corrected chi connectivity index (χ4v) is 4.50. The zero-order valence-corrected chi connectivity index (χ0v) is 15.9. The van der Waals surface area contributed by atoms with Crippen LogP contribution in [0.25, 0.3) is 32.7 Å². The van der Waals surface area contributed by atoms with Crippen molar-refractivity contribution in [1.82, 2.24) is 9.13 Å². The number of fused-ring (bicyclic) bond motifs is 3. The SMILES string of the molecule is O=Cc1cn2c3c1ccc1c4ccccc4n(c13)CC(OCCCBr)C2. The van der Waals surface area contributed by atoms with Gasteiger partial charge in [0.05, 0.1) is 30.2 Å². The number of aromatic nitrogens is 2. The molecule has 0 spiro atoms. The van der Waals surface area contributed by atoms with Crippen molar-refractivity contribution < 1.29 is 9.53 Å². The van der Waals surface area contributed by atoms with Crippen LogP contribution in [0.5, 0.6) is 0 Å². The van der Waals surface area contributed by atoms with Crippen LogP contribution in [-0.4, -0.2) is 33.5 Å². The van der Waals surface area contributed by atoms with E-state index in [2.05, 4.69) is 61.5 Å². The van der Waals surface area contributed by atoms with Crippen LogP contribution in [0.15, 0.2) is 42.6 Å². The standard InChI is InChI=1S/C21H19BrN2O2/c22-8-3-9-26-15-11-23-10-14(13-25)16-6-7-18-17-4-1-2-5-19(17)24(12-15)21(18)20(16)23/h1-2,4-7,10,13,15H,3,8-9,11-12H2. The van der Waals surface area contributed by atoms with Crippen LogP contribution in [0.2, 0.25) is 0 Å². The summed E-state index contributed by atoms with van der Waals surface area (Å²) in [6.45, 7) is 2.32. The Morgan fingerprint density at radius 1 is 1.08 bits per heavy atom. The van der Waals surface area contributed by atoms with Crippen molar-refractivity contribution in [1.29, 1.82) is 0 Å². The summed E-state index contributed by atoms with van der Waals surface area (Å²) < 4.78 is 10.8. The number of halogens is 1. The monoisotopic (exact) mass is 410 g/mol. The number of nitrogens with zero attached hydrogens (tertiary/aromatic N) is 2. The number of rotatable bonds is 5. The molecule has 0 aliphatic carbocycles. The smallest absolute Gasteiger partial charge is 0.152 e. The van der Waals surface area contributed by atoms with Gasteiger partial charge < -0.3 is 13.9 Å². The van der Waals surface area contributed by atoms with Crippen LogP contribution in [0, 0.1) is 0 Å². The van der Waals surface area contributed by atoms with Crippen LogP contribution in [0.1, 0.15) is 16.8 Å². The summed E-state index contributed by atoms with van der Waals surface area (Å²) in [5.74, 6) is 0. The number of carbonyl (C=O) groups is 1. The number of para-hydroxylation sites is 1. The van der Waals surface area contributed by atoms with Gasteiger partial charge in [-0.05, 0) is 12.5 Å². The van der Waals surface area contributed by atoms with E-state index >= 15 is 0 Å². The minimum Gasteiger partial charge on any atom is -0.374 e. The van der Waals surface area contributed by atoms with Gasteiger partial charge in [-0.1, -0.05) is 46.3 Å². The van der Waals surface area contributed by atoms with Crippen molar-refractivity contribution in [2.75, 3.05) is 11.9 Å². The summed E-state index contributed by atoms with van der Waals surface area (Å²) in [5, 5.41) is 4.47. The summed E-state index contributed by atoms with van der Waals surface area (Å²) in [7, 11) is 0. The second-order valence-electron chi connectivity index (χ2n) is 6.88. The van der Waals surface area contributed by atoms with Gasteiger partial charge in [0.1, 0.15) is 0 Å². The molecule has 1 aliphatic rings. The molecular weight excluding hydrogens is 392 g/mol. The highest BCUT2D eigenvalue weighted by Gasteiger charge is 2.24. The Bertz CT molecular complexity index is 1140. The zero-order chi connectivity index (χ0) is 17.7. The predicted molar refractivity (Wildman–Crippen MR) is 108 cm³/mol. The van der Waals surface area contributed by atoms with Gasteiger partial charge in [0, 0.05) is 45.4 Å². The predicted octanol–water partition coefficient (Wildman–Crippen LogP) is 4.75. The molecule has 0 radical (unpaired) electrons. The number of hydrogen-bond acceptors (Lipinski definition) is 2. The van der Waals surface area contributed by atoms with Gasteiger partial charge in [-0.3, -0.25) is 4.79 Å². The zero-order valence-electron chi connectivity index (χ0n) is 14.3. The molecule has 4 nitrogen and oxygen atoms in total. The van der Waals surface area contributed by atoms with Gasteiger partial charge in [-0.25, -0.2) is 0 Å². The van der Waals surface area contributed by atoms with Crippen LogP contribution in [0.3, 0.4) is 0 Å². The van der Waals surface area contributed by atoms with Crippen molar-refractivity contribution in [3.8, 4) is 0 Å². The van der Waals surface area contributed by atoms with Crippen LogP contribution in [0.4, 0.5) is 0 Å². The summed E-state index contributed by atoms with van der Waals surface area (Å²) in [5.41, 5.74) is 4.34. The van der Waals surface area contributed by atoms with Gasteiger partial charge in [0.2, 0.25) is 0 Å². The van der Waals surface area contributed by atoms with Gasteiger partial charge in [-0.15, -0.1) is 0 Å². The van der Waals surface area contributed by atoms with Crippen LogP contribution in [-0.2, 0) is 17.8 Å². The molecule has 0 N–H and O–H groups in total. The molecule has 132 valence electrons. The highest BCUT2D eigenvalue weighted by atomic mass is 79.9. The summed E-state index contributed by atoms with van der Waals surface area (Å²) >= 11 is 3.47. The second-order valence-corrected chi connectivity index (χ2v) is 7.67. The van der Waals surface area contributed by atoms with Crippen molar-refractivity contribution in [2.45, 2.75) is 25.6 Å². The average Bonchev–Trinajstić information content (AvgIpc) is 3.12. The Morgan fingerprint density at radius 3 is 2.77 bits per heavy atom. The first-order valence-corrected chi connectivity index (χ1v) is 10.1. The maximum absolute atomic E-state index is 11.6. The van der Waals surface area contributed by atoms with Crippen molar-refractivity contribution in [3.63, 3.8) is 0 Å². The van der Waals surface area contributed by atoms with E-state index in [1.54, 1.807) is 0 Å². The average molecular weight is 411 g/mol. The Morgan fingerprint density at radius 2 is 1.92 bits per heavy atom. The number of aldehydes is 1. The first-order valence-electron chi connectivity index (χ1n) is 8.97. The fraction of sp³-hybridized carbons (Fsp3) is 0.286. The number of carbonyl (C=O) groups excluding carboxylic acids is 1. The Labute approximate surface area is 159 Å². The molecule has 0 saturated carbocycles. The normalized spacial score (nSPS) is 16.7. The topological polar surface area (TPSA) is 36.2 Å². The Balaban J connectivity index is 1.81. The third kappa shape index (κ3) is 2.27. The van der Waals surface area contributed by atoms with Gasteiger partial charge in [0.25, 0.3) is 0 Å². The first-order chi connectivity index (χ1) is 12.8. The number of hydrogen-bond donors (Lipinski definition) is 0. The summed E-state index contributed by atoms with van der Waals surface area (Å²) in [6.07, 6.45) is 4.01. The maximum atomic E-state index is 11.6. The largest absolute Gasteiger partial charge is 0.374 e. The molecule has 0 bridgehead atoms. The lowest BCUT2D eigenvalue weighted by atomic mass is 10.1. The lowest BCUT2D eigenvalue weighted by molar-refractivity contribution is 0.0342. The lowest BCUT2D eigenvalue weighted by Crippen LogP contribution is -2.24. The van der Waals surface area contributed by atoms with E-state index in [4.69, 9.17) is 4.74 Å². The molecule has 1 unspecified atom stereocenters. The number of alkyl halides is 1. The van der Waals surface area contributed by atoms with E-state index in [-0.39, 0.29) is 6.10 Å². The molecule has 1 atom stereocenters. The Kier molecular flexibility index (Phi) is 3.87. The van der Waals surface area contributed by atoms with Gasteiger partial charge >= 0.3 is 0 Å². The highest BCUT2D eigenvalue weighted by Crippen LogP contribution is 2.37. The Hall–Kier alpha value is -2.11. The molecule has 2 aromatic carbocycles. The minimum atomic E-state index is 0.0792. The van der Waals surface area contributed by atoms with Gasteiger partial charge in [0.15, 0.2) is 6.29 Å². The lowest BCUT2D eigenvalue weighted by Gasteiger charge is -2.18. The molecule has 3 heterocycles. The maximum Gasteiger partial charge on any atom is 0.152 e. The quantitative estimate of drug-likeness (QED) is 0.270. The molecule has 0 amide bonds. The molecule has 0 fully saturated rings. The van der Waals surface area contributed by atoms with Gasteiger partial charge in [-0.2, -0.15) is 0 Å². The summed E-state index contributed by atoms with van der Waals surface area (Å²) in [6, 6.07) is 12.8.